The van der Waals surface area contributed by atoms with Crippen LogP contribution in [0.3, 0.4) is 0 Å². The molecule has 1 aromatic rings. The lowest BCUT2D eigenvalue weighted by atomic mass is 10.1. The van der Waals surface area contributed by atoms with Crippen LogP contribution in [0.5, 0.6) is 0 Å². The van der Waals surface area contributed by atoms with E-state index in [1.165, 1.54) is 12.8 Å². The molecule has 0 saturated heterocycles. The molecule has 27 heavy (non-hydrogen) atoms. The zero-order valence-electron chi connectivity index (χ0n) is 13.8. The number of aryl methyl sites for hydroxylation is 2. The van der Waals surface area contributed by atoms with Crippen molar-refractivity contribution < 1.29 is 57.1 Å². The summed E-state index contributed by atoms with van der Waals surface area (Å²) in [6.07, 6.45) is 1.68. The summed E-state index contributed by atoms with van der Waals surface area (Å²) in [5.41, 5.74) is 0. The SMILES string of the molecule is CCCCn1cc[n+](C)c1.O=S(=O)(O)C(F)(F)C(F)(F)C(F)(F)C(F)(F)F. The van der Waals surface area contributed by atoms with Crippen LogP contribution in [-0.4, -0.2) is 40.8 Å². The number of imidazole rings is 1. The van der Waals surface area contributed by atoms with E-state index in [1.54, 1.807) is 0 Å². The Morgan fingerprint density at radius 2 is 1.48 bits per heavy atom. The van der Waals surface area contributed by atoms with Gasteiger partial charge < -0.3 is 0 Å². The molecule has 1 heterocycles. The van der Waals surface area contributed by atoms with Crippen LogP contribution >= 0.6 is 0 Å². The van der Waals surface area contributed by atoms with Gasteiger partial charge in [-0.2, -0.15) is 47.9 Å². The maximum absolute atomic E-state index is 12.2. The van der Waals surface area contributed by atoms with Crippen LogP contribution < -0.4 is 4.57 Å². The first-order valence-corrected chi connectivity index (χ1v) is 8.45. The summed E-state index contributed by atoms with van der Waals surface area (Å²) in [5, 5.41) is -7.00. The first kappa shape index (κ1) is 25.5. The molecule has 0 aliphatic carbocycles. The molecule has 0 fully saturated rings. The van der Waals surface area contributed by atoms with E-state index in [0.717, 1.165) is 6.54 Å². The van der Waals surface area contributed by atoms with Crippen LogP contribution in [0.4, 0.5) is 39.5 Å². The third-order valence-corrected chi connectivity index (χ3v) is 3.94. The van der Waals surface area contributed by atoms with Gasteiger partial charge in [-0.3, -0.25) is 4.55 Å². The molecular weight excluding hydrogens is 423 g/mol. The van der Waals surface area contributed by atoms with E-state index in [2.05, 4.69) is 34.8 Å². The molecule has 0 aromatic carbocycles. The van der Waals surface area contributed by atoms with E-state index in [-0.39, 0.29) is 0 Å². The van der Waals surface area contributed by atoms with E-state index in [4.69, 9.17) is 4.55 Å². The van der Waals surface area contributed by atoms with Crippen molar-refractivity contribution in [2.45, 2.75) is 49.6 Å². The minimum atomic E-state index is -7.37. The molecule has 15 heteroatoms. The number of halogens is 9. The fourth-order valence-corrected chi connectivity index (χ4v) is 1.95. The summed E-state index contributed by atoms with van der Waals surface area (Å²) in [5.74, 6) is -14.7. The number of aromatic nitrogens is 2. The predicted octanol–water partition coefficient (Wildman–Crippen LogP) is 3.41. The summed E-state index contributed by atoms with van der Waals surface area (Å²) >= 11 is 0. The van der Waals surface area contributed by atoms with Crippen molar-refractivity contribution in [3.8, 4) is 0 Å². The van der Waals surface area contributed by atoms with Crippen molar-refractivity contribution >= 4 is 10.1 Å². The molecular formula is C12H16F9N2O3S+. The molecule has 5 nitrogen and oxygen atoms in total. The van der Waals surface area contributed by atoms with Crippen LogP contribution in [0.25, 0.3) is 0 Å². The molecule has 0 aliphatic heterocycles. The van der Waals surface area contributed by atoms with Crippen molar-refractivity contribution in [1.29, 1.82) is 0 Å². The zero-order valence-corrected chi connectivity index (χ0v) is 14.6. The Morgan fingerprint density at radius 1 is 1.00 bits per heavy atom. The Bertz CT molecular complexity index is 714. The smallest absolute Gasteiger partial charge is 0.281 e. The number of unbranched alkanes of at least 4 members (excludes halogenated alkanes) is 1. The van der Waals surface area contributed by atoms with E-state index in [9.17, 15) is 47.9 Å². The van der Waals surface area contributed by atoms with Gasteiger partial charge in [0, 0.05) is 0 Å². The molecule has 0 spiro atoms. The molecule has 1 rings (SSSR count). The molecule has 0 aliphatic rings. The summed E-state index contributed by atoms with van der Waals surface area (Å²) in [6, 6.07) is 0. The zero-order chi connectivity index (χ0) is 21.9. The Kier molecular flexibility index (Phi) is 7.78. The summed E-state index contributed by atoms with van der Waals surface area (Å²) in [4.78, 5) is 0. The molecule has 0 unspecified atom stereocenters. The standard InChI is InChI=1S/C8H15N2.C4HF9O3S/c1-3-4-5-10-7-6-9(2)8-10;5-1(6,3(9,10)11)2(7,8)4(12,13)17(14,15)16/h6-8H,3-5H2,1-2H3;(H,14,15,16)/q+1;. The average molecular weight is 439 g/mol. The number of hydrogen-bond donors (Lipinski definition) is 1. The van der Waals surface area contributed by atoms with E-state index in [1.807, 2.05) is 7.05 Å². The molecule has 0 saturated carbocycles. The lowest BCUT2D eigenvalue weighted by molar-refractivity contribution is -0.671. The second-order valence-corrected chi connectivity index (χ2v) is 6.77. The number of hydrogen-bond acceptors (Lipinski definition) is 2. The predicted molar refractivity (Wildman–Crippen MR) is 73.0 cm³/mol. The highest BCUT2D eigenvalue weighted by molar-refractivity contribution is 7.87. The normalized spacial score (nSPS) is 13.9. The van der Waals surface area contributed by atoms with Crippen LogP contribution in [0.2, 0.25) is 0 Å². The van der Waals surface area contributed by atoms with Gasteiger partial charge in [0.25, 0.3) is 0 Å². The molecule has 1 aromatic heterocycles. The van der Waals surface area contributed by atoms with Crippen LogP contribution in [-0.2, 0) is 23.7 Å². The highest BCUT2D eigenvalue weighted by atomic mass is 32.2. The third kappa shape index (κ3) is 5.49. The minimum Gasteiger partial charge on any atom is -0.281 e. The highest BCUT2D eigenvalue weighted by Crippen LogP contribution is 2.54. The first-order valence-electron chi connectivity index (χ1n) is 7.01. The molecule has 0 bridgehead atoms. The van der Waals surface area contributed by atoms with Gasteiger partial charge in [-0.05, 0) is 6.42 Å². The van der Waals surface area contributed by atoms with Crippen LogP contribution in [0.1, 0.15) is 19.8 Å². The topological polar surface area (TPSA) is 63.2 Å². The van der Waals surface area contributed by atoms with Crippen LogP contribution in [0, 0.1) is 0 Å². The fraction of sp³-hybridized carbons (Fsp3) is 0.750. The van der Waals surface area contributed by atoms with E-state index in [0.29, 0.717) is 0 Å². The Morgan fingerprint density at radius 3 is 1.78 bits per heavy atom. The van der Waals surface area contributed by atoms with Crippen molar-refractivity contribution in [3.63, 3.8) is 0 Å². The van der Waals surface area contributed by atoms with Crippen molar-refractivity contribution in [2.75, 3.05) is 0 Å². The Labute approximate surface area is 148 Å². The van der Waals surface area contributed by atoms with Crippen molar-refractivity contribution in [3.05, 3.63) is 18.7 Å². The molecule has 0 amide bonds. The second-order valence-electron chi connectivity index (χ2n) is 5.31. The molecule has 0 atom stereocenters. The Balaban J connectivity index is 0.000000569. The van der Waals surface area contributed by atoms with Gasteiger partial charge in [-0.15, -0.1) is 0 Å². The summed E-state index contributed by atoms with van der Waals surface area (Å²) in [7, 11) is -5.12. The first-order chi connectivity index (χ1) is 11.8. The van der Waals surface area contributed by atoms with E-state index < -0.39 is 33.4 Å². The average Bonchev–Trinajstić information content (AvgIpc) is 2.88. The van der Waals surface area contributed by atoms with Gasteiger partial charge in [0.1, 0.15) is 12.4 Å². The van der Waals surface area contributed by atoms with Gasteiger partial charge in [-0.1, -0.05) is 13.3 Å². The van der Waals surface area contributed by atoms with Gasteiger partial charge in [0.05, 0.1) is 13.6 Å². The number of alkyl halides is 9. The number of nitrogens with zero attached hydrogens (tertiary/aromatic N) is 2. The minimum absolute atomic E-state index is 1.15. The summed E-state index contributed by atoms with van der Waals surface area (Å²) < 4.78 is 138. The summed E-state index contributed by atoms with van der Waals surface area (Å²) in [6.45, 7) is 3.36. The van der Waals surface area contributed by atoms with Gasteiger partial charge in [0.15, 0.2) is 0 Å². The van der Waals surface area contributed by atoms with Gasteiger partial charge >= 0.3 is 33.4 Å². The maximum atomic E-state index is 12.2. The third-order valence-electron chi connectivity index (χ3n) is 3.03. The van der Waals surface area contributed by atoms with Gasteiger partial charge in [-0.25, -0.2) is 9.13 Å². The molecule has 1 N–H and O–H groups in total. The number of rotatable bonds is 6. The highest BCUT2D eigenvalue weighted by Gasteiger charge is 2.85. The largest absolute Gasteiger partial charge is 0.460 e. The van der Waals surface area contributed by atoms with Crippen molar-refractivity contribution in [2.24, 2.45) is 7.05 Å². The second kappa shape index (κ2) is 8.24. The van der Waals surface area contributed by atoms with Crippen molar-refractivity contribution in [1.82, 2.24) is 4.57 Å². The lowest BCUT2D eigenvalue weighted by Crippen LogP contribution is -2.63. The Hall–Kier alpha value is -1.51. The maximum Gasteiger partial charge on any atom is 0.460 e. The van der Waals surface area contributed by atoms with Gasteiger partial charge in [0.2, 0.25) is 6.33 Å². The lowest BCUT2D eigenvalue weighted by Gasteiger charge is -2.31. The van der Waals surface area contributed by atoms with E-state index >= 15 is 0 Å². The molecule has 0 radical (unpaired) electrons. The van der Waals surface area contributed by atoms with Crippen LogP contribution in [0.15, 0.2) is 18.7 Å². The molecule has 160 valence electrons. The fourth-order valence-electron chi connectivity index (χ4n) is 1.50. The quantitative estimate of drug-likeness (QED) is 0.420. The monoisotopic (exact) mass is 439 g/mol.